The van der Waals surface area contributed by atoms with Crippen LogP contribution < -0.4 is 10.5 Å². The van der Waals surface area contributed by atoms with Crippen molar-refractivity contribution in [2.45, 2.75) is 12.2 Å². The van der Waals surface area contributed by atoms with Crippen LogP contribution in [0.1, 0.15) is 17.2 Å². The first-order valence-corrected chi connectivity index (χ1v) is 4.08. The Bertz CT molecular complexity index is 362. The van der Waals surface area contributed by atoms with E-state index in [1.54, 1.807) is 6.07 Å². The zero-order chi connectivity index (χ0) is 10.3. The molecular weight excluding hydrogens is 195 g/mol. The van der Waals surface area contributed by atoms with Crippen molar-refractivity contribution in [3.63, 3.8) is 0 Å². The normalized spacial score (nSPS) is 20.4. The molecule has 0 fully saturated rings. The van der Waals surface area contributed by atoms with E-state index < -0.39 is 17.8 Å². The highest BCUT2D eigenvalue weighted by atomic mass is 19.4. The van der Waals surface area contributed by atoms with E-state index >= 15 is 0 Å². The average Bonchev–Trinajstić information content (AvgIpc) is 2.46. The van der Waals surface area contributed by atoms with Crippen molar-refractivity contribution < 1.29 is 17.9 Å². The van der Waals surface area contributed by atoms with Crippen molar-refractivity contribution >= 4 is 0 Å². The second kappa shape index (κ2) is 2.88. The van der Waals surface area contributed by atoms with E-state index in [0.717, 1.165) is 6.07 Å². The minimum atomic E-state index is -4.38. The second-order valence-electron chi connectivity index (χ2n) is 3.14. The second-order valence-corrected chi connectivity index (χ2v) is 3.14. The molecule has 0 amide bonds. The van der Waals surface area contributed by atoms with Crippen molar-refractivity contribution in [2.75, 3.05) is 6.61 Å². The van der Waals surface area contributed by atoms with Crippen LogP contribution >= 0.6 is 0 Å². The lowest BCUT2D eigenvalue weighted by Crippen LogP contribution is -2.10. The standard InChI is InChI=1S/C9H8F3NO/c10-9(11,12)6-3-1-2-5-7(13)4-14-8(5)6/h1-3,7H,4,13H2/t7-/m1/s1. The van der Waals surface area contributed by atoms with Crippen LogP contribution in [0.25, 0.3) is 0 Å². The van der Waals surface area contributed by atoms with Crippen LogP contribution in [0.4, 0.5) is 13.2 Å². The molecule has 1 aromatic carbocycles. The minimum Gasteiger partial charge on any atom is -0.491 e. The predicted molar refractivity (Wildman–Crippen MR) is 43.9 cm³/mol. The number of benzene rings is 1. The van der Waals surface area contributed by atoms with Gasteiger partial charge in [0.05, 0.1) is 11.6 Å². The lowest BCUT2D eigenvalue weighted by Gasteiger charge is -2.10. The highest BCUT2D eigenvalue weighted by Gasteiger charge is 2.37. The third-order valence-corrected chi connectivity index (χ3v) is 2.16. The van der Waals surface area contributed by atoms with Gasteiger partial charge in [-0.2, -0.15) is 13.2 Å². The molecule has 0 unspecified atom stereocenters. The molecule has 1 heterocycles. The van der Waals surface area contributed by atoms with E-state index in [1.165, 1.54) is 6.07 Å². The van der Waals surface area contributed by atoms with Crippen molar-refractivity contribution in [2.24, 2.45) is 5.73 Å². The van der Waals surface area contributed by atoms with Gasteiger partial charge in [-0.05, 0) is 6.07 Å². The predicted octanol–water partition coefficient (Wildman–Crippen LogP) is 2.10. The highest BCUT2D eigenvalue weighted by Crippen LogP contribution is 2.42. The summed E-state index contributed by atoms with van der Waals surface area (Å²) in [4.78, 5) is 0. The van der Waals surface area contributed by atoms with Gasteiger partial charge in [-0.15, -0.1) is 0 Å². The number of nitrogens with two attached hydrogens (primary N) is 1. The summed E-state index contributed by atoms with van der Waals surface area (Å²) < 4.78 is 42.3. The first-order valence-electron chi connectivity index (χ1n) is 4.08. The molecule has 0 aliphatic carbocycles. The molecule has 0 bridgehead atoms. The SMILES string of the molecule is N[C@@H]1COc2c1cccc2C(F)(F)F. The molecule has 1 aliphatic rings. The summed E-state index contributed by atoms with van der Waals surface area (Å²) >= 11 is 0. The Labute approximate surface area is 78.5 Å². The van der Waals surface area contributed by atoms with Gasteiger partial charge in [0, 0.05) is 5.56 Å². The third-order valence-electron chi connectivity index (χ3n) is 2.16. The van der Waals surface area contributed by atoms with Gasteiger partial charge in [0.1, 0.15) is 12.4 Å². The van der Waals surface area contributed by atoms with Crippen molar-refractivity contribution in [3.05, 3.63) is 29.3 Å². The summed E-state index contributed by atoms with van der Waals surface area (Å²) in [6, 6.07) is 3.45. The summed E-state index contributed by atoms with van der Waals surface area (Å²) in [7, 11) is 0. The van der Waals surface area contributed by atoms with Crippen LogP contribution in [0, 0.1) is 0 Å². The van der Waals surface area contributed by atoms with Gasteiger partial charge in [0.15, 0.2) is 0 Å². The fraction of sp³-hybridized carbons (Fsp3) is 0.333. The molecule has 2 N–H and O–H groups in total. The van der Waals surface area contributed by atoms with Crippen LogP contribution in [0.3, 0.4) is 0 Å². The molecule has 0 radical (unpaired) electrons. The van der Waals surface area contributed by atoms with E-state index in [9.17, 15) is 13.2 Å². The Kier molecular flexibility index (Phi) is 1.92. The molecule has 0 saturated carbocycles. The molecule has 14 heavy (non-hydrogen) atoms. The molecule has 2 nitrogen and oxygen atoms in total. The zero-order valence-corrected chi connectivity index (χ0v) is 7.14. The molecule has 1 aliphatic heterocycles. The number of fused-ring (bicyclic) bond motifs is 1. The van der Waals surface area contributed by atoms with Gasteiger partial charge in [-0.1, -0.05) is 12.1 Å². The highest BCUT2D eigenvalue weighted by molar-refractivity contribution is 5.47. The Balaban J connectivity index is 2.55. The Hall–Kier alpha value is -1.23. The van der Waals surface area contributed by atoms with Gasteiger partial charge < -0.3 is 10.5 Å². The fourth-order valence-electron chi connectivity index (χ4n) is 1.49. The number of hydrogen-bond acceptors (Lipinski definition) is 2. The molecule has 1 aromatic rings. The van der Waals surface area contributed by atoms with Crippen molar-refractivity contribution in [1.82, 2.24) is 0 Å². The summed E-state index contributed by atoms with van der Waals surface area (Å²) in [6.07, 6.45) is -4.38. The maximum atomic E-state index is 12.4. The Morgan fingerprint density at radius 3 is 2.71 bits per heavy atom. The molecule has 5 heteroatoms. The van der Waals surface area contributed by atoms with E-state index in [0.29, 0.717) is 5.56 Å². The summed E-state index contributed by atoms with van der Waals surface area (Å²) in [5.41, 5.74) is 5.25. The molecule has 0 aromatic heterocycles. The Morgan fingerprint density at radius 1 is 1.36 bits per heavy atom. The minimum absolute atomic E-state index is 0.114. The first kappa shape index (κ1) is 9.33. The maximum absolute atomic E-state index is 12.4. The zero-order valence-electron chi connectivity index (χ0n) is 7.14. The van der Waals surface area contributed by atoms with Gasteiger partial charge in [0.25, 0.3) is 0 Å². The van der Waals surface area contributed by atoms with Gasteiger partial charge in [-0.25, -0.2) is 0 Å². The molecule has 76 valence electrons. The van der Waals surface area contributed by atoms with Gasteiger partial charge in [-0.3, -0.25) is 0 Å². The summed E-state index contributed by atoms with van der Waals surface area (Å²) in [5.74, 6) is -0.118. The number of para-hydroxylation sites is 1. The number of ether oxygens (including phenoxy) is 1. The van der Waals surface area contributed by atoms with E-state index in [-0.39, 0.29) is 12.4 Å². The number of rotatable bonds is 0. The van der Waals surface area contributed by atoms with E-state index in [2.05, 4.69) is 0 Å². The molecule has 1 atom stereocenters. The fourth-order valence-corrected chi connectivity index (χ4v) is 1.49. The topological polar surface area (TPSA) is 35.2 Å². The average molecular weight is 203 g/mol. The largest absolute Gasteiger partial charge is 0.491 e. The molecule has 0 spiro atoms. The van der Waals surface area contributed by atoms with Crippen molar-refractivity contribution in [1.29, 1.82) is 0 Å². The Morgan fingerprint density at radius 2 is 2.07 bits per heavy atom. The van der Waals surface area contributed by atoms with Crippen LogP contribution in [0.5, 0.6) is 5.75 Å². The third kappa shape index (κ3) is 1.33. The maximum Gasteiger partial charge on any atom is 0.419 e. The van der Waals surface area contributed by atoms with Crippen LogP contribution in [0.2, 0.25) is 0 Å². The van der Waals surface area contributed by atoms with Crippen LogP contribution in [-0.4, -0.2) is 6.61 Å². The molecular formula is C9H8F3NO. The van der Waals surface area contributed by atoms with Gasteiger partial charge in [0.2, 0.25) is 0 Å². The summed E-state index contributed by atoms with van der Waals surface area (Å²) in [5, 5.41) is 0. The number of halogens is 3. The molecule has 2 rings (SSSR count). The molecule has 0 saturated heterocycles. The smallest absolute Gasteiger partial charge is 0.419 e. The van der Waals surface area contributed by atoms with E-state index in [1.807, 2.05) is 0 Å². The van der Waals surface area contributed by atoms with Crippen molar-refractivity contribution in [3.8, 4) is 5.75 Å². The number of hydrogen-bond donors (Lipinski definition) is 1. The monoisotopic (exact) mass is 203 g/mol. The van der Waals surface area contributed by atoms with Crippen LogP contribution in [0.15, 0.2) is 18.2 Å². The lowest BCUT2D eigenvalue weighted by molar-refractivity contribution is -0.138. The lowest BCUT2D eigenvalue weighted by atomic mass is 10.1. The van der Waals surface area contributed by atoms with Gasteiger partial charge >= 0.3 is 6.18 Å². The first-order chi connectivity index (χ1) is 6.50. The van der Waals surface area contributed by atoms with E-state index in [4.69, 9.17) is 10.5 Å². The number of alkyl halides is 3. The van der Waals surface area contributed by atoms with Crippen LogP contribution in [-0.2, 0) is 6.18 Å². The summed E-state index contributed by atoms with van der Waals surface area (Å²) in [6.45, 7) is 0.114. The quantitative estimate of drug-likeness (QED) is 0.700.